The standard InChI is InChI=1S/C23H24FNO4/c1-2-3-11-25-22(26)10-7-17-13-23(27)29-21-14-19(8-9-20(17)21)28-15-16-5-4-6-18(24)12-16/h4-6,8-9,12-14H,2-3,7,10-11,15H2,1H3,(H,25,26). The second-order valence-corrected chi connectivity index (χ2v) is 6.87. The number of carbonyl (C=O) groups is 1. The van der Waals surface area contributed by atoms with E-state index in [1.54, 1.807) is 24.3 Å². The highest BCUT2D eigenvalue weighted by Crippen LogP contribution is 2.24. The van der Waals surface area contributed by atoms with Crippen LogP contribution in [0.4, 0.5) is 4.39 Å². The first-order valence-corrected chi connectivity index (χ1v) is 9.76. The number of rotatable bonds is 9. The second kappa shape index (κ2) is 9.87. The van der Waals surface area contributed by atoms with Gasteiger partial charge in [0.1, 0.15) is 23.8 Å². The van der Waals surface area contributed by atoms with E-state index in [4.69, 9.17) is 9.15 Å². The summed E-state index contributed by atoms with van der Waals surface area (Å²) in [5.74, 6) is 0.160. The molecule has 0 saturated carbocycles. The van der Waals surface area contributed by atoms with Crippen molar-refractivity contribution in [2.75, 3.05) is 6.54 Å². The van der Waals surface area contributed by atoms with Crippen molar-refractivity contribution in [3.05, 3.63) is 75.9 Å². The average molecular weight is 397 g/mol. The van der Waals surface area contributed by atoms with Gasteiger partial charge in [-0.25, -0.2) is 9.18 Å². The molecule has 0 atom stereocenters. The third kappa shape index (κ3) is 5.91. The molecule has 1 N–H and O–H groups in total. The van der Waals surface area contributed by atoms with E-state index in [1.165, 1.54) is 18.2 Å². The lowest BCUT2D eigenvalue weighted by Gasteiger charge is -2.09. The highest BCUT2D eigenvalue weighted by molar-refractivity contribution is 5.83. The molecule has 0 saturated heterocycles. The molecule has 3 rings (SSSR count). The Hall–Kier alpha value is -3.15. The van der Waals surface area contributed by atoms with Crippen molar-refractivity contribution < 1.29 is 18.3 Å². The number of amides is 1. The van der Waals surface area contributed by atoms with Crippen molar-refractivity contribution in [2.45, 2.75) is 39.2 Å². The SMILES string of the molecule is CCCCNC(=O)CCc1cc(=O)oc2cc(OCc3cccc(F)c3)ccc12. The lowest BCUT2D eigenvalue weighted by atomic mass is 10.0. The summed E-state index contributed by atoms with van der Waals surface area (Å²) < 4.78 is 24.3. The van der Waals surface area contributed by atoms with Crippen LogP contribution in [0.1, 0.15) is 37.3 Å². The molecule has 1 aromatic heterocycles. The highest BCUT2D eigenvalue weighted by atomic mass is 19.1. The predicted octanol–water partition coefficient (Wildman–Crippen LogP) is 4.36. The monoisotopic (exact) mass is 397 g/mol. The minimum absolute atomic E-state index is 0.0325. The third-order valence-corrected chi connectivity index (χ3v) is 4.57. The Labute approximate surface area is 168 Å². The quantitative estimate of drug-likeness (QED) is 0.430. The lowest BCUT2D eigenvalue weighted by molar-refractivity contribution is -0.121. The molecule has 0 aliphatic carbocycles. The van der Waals surface area contributed by atoms with Crippen LogP contribution in [-0.2, 0) is 17.8 Å². The molecule has 3 aromatic rings. The van der Waals surface area contributed by atoms with Crippen molar-refractivity contribution in [3.8, 4) is 5.75 Å². The largest absolute Gasteiger partial charge is 0.489 e. The maximum Gasteiger partial charge on any atom is 0.336 e. The van der Waals surface area contributed by atoms with Crippen LogP contribution < -0.4 is 15.7 Å². The van der Waals surface area contributed by atoms with Gasteiger partial charge in [0, 0.05) is 30.5 Å². The number of carbonyl (C=O) groups excluding carboxylic acids is 1. The van der Waals surface area contributed by atoms with Crippen molar-refractivity contribution in [3.63, 3.8) is 0 Å². The fourth-order valence-corrected chi connectivity index (χ4v) is 3.04. The molecule has 1 heterocycles. The number of fused-ring (bicyclic) bond motifs is 1. The predicted molar refractivity (Wildman–Crippen MR) is 109 cm³/mol. The maximum absolute atomic E-state index is 13.3. The smallest absolute Gasteiger partial charge is 0.336 e. The van der Waals surface area contributed by atoms with Gasteiger partial charge >= 0.3 is 5.63 Å². The number of hydrogen-bond acceptors (Lipinski definition) is 4. The maximum atomic E-state index is 13.3. The van der Waals surface area contributed by atoms with E-state index in [0.29, 0.717) is 36.3 Å². The van der Waals surface area contributed by atoms with Crippen molar-refractivity contribution >= 4 is 16.9 Å². The lowest BCUT2D eigenvalue weighted by Crippen LogP contribution is -2.24. The van der Waals surface area contributed by atoms with Gasteiger partial charge in [-0.05, 0) is 48.2 Å². The van der Waals surface area contributed by atoms with Gasteiger partial charge in [-0.15, -0.1) is 0 Å². The Bertz CT molecular complexity index is 1040. The minimum atomic E-state index is -0.471. The first-order valence-electron chi connectivity index (χ1n) is 9.76. The molecule has 0 spiro atoms. The van der Waals surface area contributed by atoms with E-state index in [-0.39, 0.29) is 18.3 Å². The normalized spacial score (nSPS) is 10.8. The Morgan fingerprint density at radius 1 is 1.17 bits per heavy atom. The number of benzene rings is 2. The van der Waals surface area contributed by atoms with Crippen LogP contribution >= 0.6 is 0 Å². The van der Waals surface area contributed by atoms with E-state index in [0.717, 1.165) is 23.8 Å². The summed E-state index contributed by atoms with van der Waals surface area (Å²) in [6.45, 7) is 2.93. The van der Waals surface area contributed by atoms with Gasteiger partial charge in [0.05, 0.1) is 0 Å². The molecule has 0 fully saturated rings. The fourth-order valence-electron chi connectivity index (χ4n) is 3.04. The topological polar surface area (TPSA) is 68.5 Å². The van der Waals surface area contributed by atoms with Gasteiger partial charge in [0.2, 0.25) is 5.91 Å². The zero-order valence-electron chi connectivity index (χ0n) is 16.4. The number of ether oxygens (including phenoxy) is 1. The van der Waals surface area contributed by atoms with Crippen LogP contribution in [0, 0.1) is 5.82 Å². The third-order valence-electron chi connectivity index (χ3n) is 4.57. The number of nitrogens with one attached hydrogen (secondary N) is 1. The Morgan fingerprint density at radius 2 is 2.03 bits per heavy atom. The number of hydrogen-bond donors (Lipinski definition) is 1. The Balaban J connectivity index is 1.70. The molecule has 6 heteroatoms. The molecular formula is C23H24FNO4. The van der Waals surface area contributed by atoms with Gasteiger partial charge in [0.15, 0.2) is 0 Å². The summed E-state index contributed by atoms with van der Waals surface area (Å²) >= 11 is 0. The molecule has 2 aromatic carbocycles. The molecule has 0 radical (unpaired) electrons. The summed E-state index contributed by atoms with van der Waals surface area (Å²) in [5, 5.41) is 3.64. The van der Waals surface area contributed by atoms with Crippen LogP contribution in [0.3, 0.4) is 0 Å². The number of unbranched alkanes of at least 4 members (excludes halogenated alkanes) is 1. The highest BCUT2D eigenvalue weighted by Gasteiger charge is 2.10. The summed E-state index contributed by atoms with van der Waals surface area (Å²) in [6, 6.07) is 12.8. The van der Waals surface area contributed by atoms with Gasteiger partial charge in [-0.2, -0.15) is 0 Å². The van der Waals surface area contributed by atoms with Crippen LogP contribution in [-0.4, -0.2) is 12.5 Å². The van der Waals surface area contributed by atoms with Crippen LogP contribution in [0.2, 0.25) is 0 Å². The molecule has 0 unspecified atom stereocenters. The van der Waals surface area contributed by atoms with Gasteiger partial charge in [0.25, 0.3) is 0 Å². The first kappa shape index (κ1) is 20.6. The molecule has 29 heavy (non-hydrogen) atoms. The summed E-state index contributed by atoms with van der Waals surface area (Å²) in [5.41, 5.74) is 1.39. The molecule has 0 bridgehead atoms. The van der Waals surface area contributed by atoms with Crippen LogP contribution in [0.5, 0.6) is 5.75 Å². The second-order valence-electron chi connectivity index (χ2n) is 6.87. The first-order chi connectivity index (χ1) is 14.0. The molecule has 1 amide bonds. The molecule has 152 valence electrons. The van der Waals surface area contributed by atoms with Gasteiger partial charge in [-0.1, -0.05) is 25.5 Å². The fraction of sp³-hybridized carbons (Fsp3) is 0.304. The number of aryl methyl sites for hydroxylation is 1. The van der Waals surface area contributed by atoms with Crippen molar-refractivity contribution in [2.24, 2.45) is 0 Å². The minimum Gasteiger partial charge on any atom is -0.489 e. The zero-order valence-corrected chi connectivity index (χ0v) is 16.4. The van der Waals surface area contributed by atoms with Crippen molar-refractivity contribution in [1.82, 2.24) is 5.32 Å². The van der Waals surface area contributed by atoms with E-state index < -0.39 is 5.63 Å². The van der Waals surface area contributed by atoms with E-state index >= 15 is 0 Å². The molecule has 5 nitrogen and oxygen atoms in total. The number of halogens is 1. The van der Waals surface area contributed by atoms with Crippen LogP contribution in [0.25, 0.3) is 11.0 Å². The summed E-state index contributed by atoms with van der Waals surface area (Å²) in [4.78, 5) is 23.9. The summed E-state index contributed by atoms with van der Waals surface area (Å²) in [7, 11) is 0. The molecule has 0 aliphatic rings. The van der Waals surface area contributed by atoms with Crippen LogP contribution in [0.15, 0.2) is 57.7 Å². The zero-order chi connectivity index (χ0) is 20.6. The Kier molecular flexibility index (Phi) is 7.00. The van der Waals surface area contributed by atoms with E-state index in [2.05, 4.69) is 12.2 Å². The Morgan fingerprint density at radius 3 is 2.83 bits per heavy atom. The summed E-state index contributed by atoms with van der Waals surface area (Å²) in [6.07, 6.45) is 2.72. The molecule has 0 aliphatic heterocycles. The van der Waals surface area contributed by atoms with Crippen molar-refractivity contribution in [1.29, 1.82) is 0 Å². The van der Waals surface area contributed by atoms with Gasteiger partial charge < -0.3 is 14.5 Å². The van der Waals surface area contributed by atoms with E-state index in [9.17, 15) is 14.0 Å². The molecular weight excluding hydrogens is 373 g/mol. The average Bonchev–Trinajstić information content (AvgIpc) is 2.70. The van der Waals surface area contributed by atoms with Gasteiger partial charge in [-0.3, -0.25) is 4.79 Å². The van der Waals surface area contributed by atoms with E-state index in [1.807, 2.05) is 6.07 Å².